The van der Waals surface area contributed by atoms with E-state index in [9.17, 15) is 9.59 Å². The van der Waals surface area contributed by atoms with Gasteiger partial charge in [0.25, 0.3) is 5.60 Å². The predicted octanol–water partition coefficient (Wildman–Crippen LogP) is 6.94. The van der Waals surface area contributed by atoms with Crippen molar-refractivity contribution in [3.05, 3.63) is 106 Å². The van der Waals surface area contributed by atoms with Crippen LogP contribution in [0.15, 0.2) is 78.9 Å². The van der Waals surface area contributed by atoms with Crippen LogP contribution in [0.3, 0.4) is 0 Å². The average molecular weight is 566 g/mol. The van der Waals surface area contributed by atoms with Gasteiger partial charge in [0, 0.05) is 59.7 Å². The molecule has 3 saturated heterocycles. The van der Waals surface area contributed by atoms with Gasteiger partial charge in [0.1, 0.15) is 6.10 Å². The van der Waals surface area contributed by atoms with Crippen LogP contribution in [0.2, 0.25) is 10.0 Å². The lowest BCUT2D eigenvalue weighted by Crippen LogP contribution is -2.60. The Bertz CT molecular complexity index is 1280. The van der Waals surface area contributed by atoms with E-state index in [0.717, 1.165) is 12.8 Å². The zero-order chi connectivity index (χ0) is 27.0. The third kappa shape index (κ3) is 4.75. The van der Waals surface area contributed by atoms with Gasteiger partial charge < -0.3 is 14.0 Å². The van der Waals surface area contributed by atoms with E-state index < -0.39 is 17.5 Å². The lowest BCUT2D eigenvalue weighted by Gasteiger charge is -2.47. The molecule has 3 aromatic rings. The summed E-state index contributed by atoms with van der Waals surface area (Å²) in [6.45, 7) is 2.49. The second-order valence-electron chi connectivity index (χ2n) is 11.1. The maximum absolute atomic E-state index is 14.4. The Kier molecular flexibility index (Phi) is 7.17. The first-order valence-corrected chi connectivity index (χ1v) is 14.5. The van der Waals surface area contributed by atoms with Crippen molar-refractivity contribution in [1.82, 2.24) is 0 Å². The quantitative estimate of drug-likeness (QED) is 0.240. The fourth-order valence-corrected chi connectivity index (χ4v) is 7.84. The molecule has 3 aliphatic rings. The zero-order valence-electron chi connectivity index (χ0n) is 21.7. The fourth-order valence-electron chi connectivity index (χ4n) is 7.32. The number of nitrogens with zero attached hydrogens (tertiary/aromatic N) is 1. The van der Waals surface area contributed by atoms with Crippen LogP contribution in [-0.2, 0) is 19.9 Å². The normalized spacial score (nSPS) is 23.5. The largest absolute Gasteiger partial charge is 0.458 e. The van der Waals surface area contributed by atoms with Gasteiger partial charge in [0.05, 0.1) is 30.7 Å². The van der Waals surface area contributed by atoms with Crippen LogP contribution in [0, 0.1) is 0 Å². The first-order chi connectivity index (χ1) is 18.9. The number of piperidine rings is 1. The number of carbonyl (C=O) groups excluding carboxylic acids is 2. The van der Waals surface area contributed by atoms with E-state index in [0.29, 0.717) is 33.3 Å². The summed E-state index contributed by atoms with van der Waals surface area (Å²) in [4.78, 5) is 28.1. The lowest BCUT2D eigenvalue weighted by molar-refractivity contribution is -0.956. The molecule has 3 atom stereocenters. The summed E-state index contributed by atoms with van der Waals surface area (Å²) in [5.41, 5.74) is -0.605. The van der Waals surface area contributed by atoms with Crippen molar-refractivity contribution in [3.8, 4) is 0 Å². The molecule has 3 fully saturated rings. The Morgan fingerprint density at radius 2 is 1.28 bits per heavy atom. The van der Waals surface area contributed by atoms with E-state index in [-0.39, 0.29) is 11.7 Å². The highest BCUT2D eigenvalue weighted by atomic mass is 35.5. The maximum atomic E-state index is 14.4. The molecule has 6 rings (SSSR count). The van der Waals surface area contributed by atoms with Crippen molar-refractivity contribution < 1.29 is 23.5 Å². The van der Waals surface area contributed by atoms with Crippen LogP contribution >= 0.6 is 23.2 Å². The Morgan fingerprint density at radius 3 is 1.79 bits per heavy atom. The number of quaternary nitrogens is 1. The molecular weight excluding hydrogens is 533 g/mol. The Balaban J connectivity index is 1.37. The van der Waals surface area contributed by atoms with Crippen molar-refractivity contribution in [2.75, 3.05) is 13.1 Å². The van der Waals surface area contributed by atoms with Gasteiger partial charge in [-0.15, -0.1) is 0 Å². The standard InChI is InChI=1S/C32H32Cl2NO4/c33-25-17-22(18-26(34)19-25)30(36)39-32(23-9-3-1-4-10-23,24-11-5-2-6-12-24)31(37)38-29-20-27-13-14-28(21-29)35(27)15-7-8-16-35/h1-6,9-12,17-19,27-29H,7-8,13-16,20-21H2/q+1/t27-,28+,29?. The summed E-state index contributed by atoms with van der Waals surface area (Å²) in [5.74, 6) is -1.30. The van der Waals surface area contributed by atoms with Crippen LogP contribution in [0.25, 0.3) is 0 Å². The number of carbonyl (C=O) groups is 2. The number of hydrogen-bond acceptors (Lipinski definition) is 4. The van der Waals surface area contributed by atoms with Crippen molar-refractivity contribution in [2.24, 2.45) is 0 Å². The van der Waals surface area contributed by atoms with Crippen molar-refractivity contribution >= 4 is 35.1 Å². The van der Waals surface area contributed by atoms with Gasteiger partial charge in [0.2, 0.25) is 0 Å². The molecule has 1 unspecified atom stereocenters. The summed E-state index contributed by atoms with van der Waals surface area (Å²) in [5, 5.41) is 0.609. The van der Waals surface area contributed by atoms with Crippen LogP contribution < -0.4 is 0 Å². The van der Waals surface area contributed by atoms with Crippen molar-refractivity contribution in [1.29, 1.82) is 0 Å². The highest BCUT2D eigenvalue weighted by Crippen LogP contribution is 2.47. The molecule has 0 aliphatic carbocycles. The average Bonchev–Trinajstić information content (AvgIpc) is 3.48. The molecule has 39 heavy (non-hydrogen) atoms. The van der Waals surface area contributed by atoms with Crippen LogP contribution in [0.1, 0.15) is 60.0 Å². The summed E-state index contributed by atoms with van der Waals surface area (Å²) in [7, 11) is 0. The Morgan fingerprint density at radius 1 is 0.769 bits per heavy atom. The monoisotopic (exact) mass is 564 g/mol. The van der Waals surface area contributed by atoms with E-state index in [1.165, 1.54) is 55.4 Å². The molecule has 3 aromatic carbocycles. The molecule has 3 heterocycles. The number of benzene rings is 3. The fraction of sp³-hybridized carbons (Fsp3) is 0.375. The van der Waals surface area contributed by atoms with E-state index in [1.807, 2.05) is 36.4 Å². The summed E-state index contributed by atoms with van der Waals surface area (Å²) in [6, 6.07) is 23.8. The molecule has 0 radical (unpaired) electrons. The van der Waals surface area contributed by atoms with E-state index in [4.69, 9.17) is 32.7 Å². The van der Waals surface area contributed by atoms with E-state index in [2.05, 4.69) is 0 Å². The number of rotatable bonds is 6. The van der Waals surface area contributed by atoms with Gasteiger partial charge in [0.15, 0.2) is 0 Å². The van der Waals surface area contributed by atoms with Gasteiger partial charge in [-0.25, -0.2) is 9.59 Å². The molecule has 5 nitrogen and oxygen atoms in total. The van der Waals surface area contributed by atoms with Crippen LogP contribution in [-0.4, -0.2) is 47.7 Å². The molecule has 0 aromatic heterocycles. The summed E-state index contributed by atoms with van der Waals surface area (Å²) >= 11 is 12.4. The minimum atomic E-state index is -1.80. The predicted molar refractivity (Wildman–Crippen MR) is 151 cm³/mol. The van der Waals surface area contributed by atoms with Gasteiger partial charge in [-0.05, 0) is 18.2 Å². The van der Waals surface area contributed by atoms with Crippen molar-refractivity contribution in [2.45, 2.75) is 62.3 Å². The van der Waals surface area contributed by atoms with E-state index in [1.54, 1.807) is 30.3 Å². The molecule has 7 heteroatoms. The maximum Gasteiger partial charge on any atom is 0.360 e. The molecule has 0 N–H and O–H groups in total. The minimum absolute atomic E-state index is 0.160. The van der Waals surface area contributed by atoms with Gasteiger partial charge in [-0.2, -0.15) is 0 Å². The minimum Gasteiger partial charge on any atom is -0.458 e. The van der Waals surface area contributed by atoms with Crippen LogP contribution in [0.5, 0.6) is 0 Å². The second-order valence-corrected chi connectivity index (χ2v) is 12.0. The zero-order valence-corrected chi connectivity index (χ0v) is 23.2. The number of hydrogen-bond donors (Lipinski definition) is 0. The number of halogens is 2. The van der Waals surface area contributed by atoms with Gasteiger partial charge in [-0.3, -0.25) is 0 Å². The highest BCUT2D eigenvalue weighted by molar-refractivity contribution is 6.35. The van der Waals surface area contributed by atoms with Gasteiger partial charge >= 0.3 is 11.9 Å². The summed E-state index contributed by atoms with van der Waals surface area (Å²) < 4.78 is 13.8. The Hall–Kier alpha value is -2.86. The first kappa shape index (κ1) is 26.4. The molecule has 1 spiro atoms. The first-order valence-electron chi connectivity index (χ1n) is 13.8. The molecule has 3 aliphatic heterocycles. The second kappa shape index (κ2) is 10.6. The number of esters is 2. The van der Waals surface area contributed by atoms with Crippen molar-refractivity contribution in [3.63, 3.8) is 0 Å². The topological polar surface area (TPSA) is 52.6 Å². The number of ether oxygens (including phenoxy) is 2. The van der Waals surface area contributed by atoms with Crippen LogP contribution in [0.4, 0.5) is 0 Å². The molecule has 202 valence electrons. The molecule has 0 saturated carbocycles. The van der Waals surface area contributed by atoms with E-state index >= 15 is 0 Å². The molecule has 2 bridgehead atoms. The lowest BCUT2D eigenvalue weighted by atomic mass is 9.85. The van der Waals surface area contributed by atoms with Gasteiger partial charge in [-0.1, -0.05) is 83.9 Å². The molecule has 0 amide bonds. The summed E-state index contributed by atoms with van der Waals surface area (Å²) in [6.07, 6.45) is 6.42. The third-order valence-electron chi connectivity index (χ3n) is 9.02. The molecular formula is C32H32Cl2NO4+. The Labute approximate surface area is 239 Å². The highest BCUT2D eigenvalue weighted by Gasteiger charge is 2.57. The smallest absolute Gasteiger partial charge is 0.360 e. The SMILES string of the molecule is O=C(OC(C(=O)OC1C[C@H]2CC[C@@H](C1)[N+]21CCCC1)(c1ccccc1)c1ccccc1)c1cc(Cl)cc(Cl)c1. The third-order valence-corrected chi connectivity index (χ3v) is 9.46.